The number of aryl methyl sites for hydroxylation is 2. The first-order valence-electron chi connectivity index (χ1n) is 6.89. The van der Waals surface area contributed by atoms with E-state index in [2.05, 4.69) is 26.8 Å². The smallest absolute Gasteiger partial charge is 0.0616 e. The van der Waals surface area contributed by atoms with Crippen molar-refractivity contribution >= 4 is 23.2 Å². The second kappa shape index (κ2) is 5.84. The Bertz CT molecular complexity index is 417. The molecule has 1 unspecified atom stereocenters. The molecule has 1 aromatic rings. The van der Waals surface area contributed by atoms with E-state index in [1.807, 2.05) is 6.07 Å². The van der Waals surface area contributed by atoms with Crippen molar-refractivity contribution < 1.29 is 0 Å². The fraction of sp³-hybridized carbons (Fsp3) is 0.625. The van der Waals surface area contributed by atoms with Gasteiger partial charge in [0.1, 0.15) is 0 Å². The van der Waals surface area contributed by atoms with Gasteiger partial charge in [0.15, 0.2) is 0 Å². The lowest BCUT2D eigenvalue weighted by atomic mass is 9.79. The average Bonchev–Trinajstić information content (AvgIpc) is 2.34. The van der Waals surface area contributed by atoms with Crippen LogP contribution in [-0.2, 0) is 0 Å². The number of hydrogen-bond acceptors (Lipinski definition) is 0. The summed E-state index contributed by atoms with van der Waals surface area (Å²) in [5.74, 6) is 1.50. The summed E-state index contributed by atoms with van der Waals surface area (Å²) in [7, 11) is 0. The van der Waals surface area contributed by atoms with Crippen LogP contribution in [0.5, 0.6) is 0 Å². The van der Waals surface area contributed by atoms with Gasteiger partial charge in [-0.3, -0.25) is 0 Å². The van der Waals surface area contributed by atoms with Gasteiger partial charge in [-0.05, 0) is 61.3 Å². The fourth-order valence-corrected chi connectivity index (χ4v) is 3.64. The third-order valence-corrected chi connectivity index (χ3v) is 5.32. The molecule has 1 atom stereocenters. The molecule has 0 aliphatic heterocycles. The van der Waals surface area contributed by atoms with Crippen molar-refractivity contribution in [2.45, 2.75) is 51.8 Å². The van der Waals surface area contributed by atoms with E-state index in [4.69, 9.17) is 23.2 Å². The van der Waals surface area contributed by atoms with E-state index in [1.165, 1.54) is 36.8 Å². The Morgan fingerprint density at radius 2 is 1.67 bits per heavy atom. The maximum absolute atomic E-state index is 6.72. The highest BCUT2D eigenvalue weighted by atomic mass is 35.5. The Kier molecular flexibility index (Phi) is 4.61. The summed E-state index contributed by atoms with van der Waals surface area (Å²) in [4.78, 5) is 0. The molecule has 0 bridgehead atoms. The molecule has 2 rings (SSSR count). The Morgan fingerprint density at radius 1 is 1.06 bits per heavy atom. The van der Waals surface area contributed by atoms with Crippen LogP contribution in [0.1, 0.15) is 54.7 Å². The van der Waals surface area contributed by atoms with Gasteiger partial charge in [-0.25, -0.2) is 0 Å². The molecule has 1 aliphatic carbocycles. The van der Waals surface area contributed by atoms with Gasteiger partial charge in [0, 0.05) is 5.02 Å². The standard InChI is InChI=1S/C16H22Cl2/c1-10-4-6-13(7-5-10)16(18)14-8-12(3)15(17)9-11(14)2/h8-10,13,16H,4-7H2,1-3H3. The van der Waals surface area contributed by atoms with E-state index in [9.17, 15) is 0 Å². The van der Waals surface area contributed by atoms with Gasteiger partial charge in [0.25, 0.3) is 0 Å². The second-order valence-corrected chi connectivity index (χ2v) is 6.76. The Labute approximate surface area is 121 Å². The molecule has 1 aromatic carbocycles. The second-order valence-electron chi connectivity index (χ2n) is 5.88. The van der Waals surface area contributed by atoms with Crippen molar-refractivity contribution in [1.29, 1.82) is 0 Å². The van der Waals surface area contributed by atoms with Crippen molar-refractivity contribution in [2.24, 2.45) is 11.8 Å². The highest BCUT2D eigenvalue weighted by Gasteiger charge is 2.26. The van der Waals surface area contributed by atoms with Gasteiger partial charge in [-0.15, -0.1) is 11.6 Å². The van der Waals surface area contributed by atoms with E-state index in [1.54, 1.807) is 0 Å². The van der Waals surface area contributed by atoms with Gasteiger partial charge in [0.05, 0.1) is 5.38 Å². The van der Waals surface area contributed by atoms with Crippen molar-refractivity contribution in [3.63, 3.8) is 0 Å². The van der Waals surface area contributed by atoms with Crippen LogP contribution in [-0.4, -0.2) is 0 Å². The molecule has 1 fully saturated rings. The van der Waals surface area contributed by atoms with Crippen LogP contribution in [0.25, 0.3) is 0 Å². The van der Waals surface area contributed by atoms with Crippen molar-refractivity contribution in [3.8, 4) is 0 Å². The zero-order valence-electron chi connectivity index (χ0n) is 11.5. The van der Waals surface area contributed by atoms with Gasteiger partial charge >= 0.3 is 0 Å². The van der Waals surface area contributed by atoms with Crippen LogP contribution in [0.15, 0.2) is 12.1 Å². The molecular formula is C16H22Cl2. The molecular weight excluding hydrogens is 263 g/mol. The molecule has 0 heterocycles. The third-order valence-electron chi connectivity index (χ3n) is 4.32. The molecule has 0 spiro atoms. The van der Waals surface area contributed by atoms with E-state index < -0.39 is 0 Å². The first-order chi connectivity index (χ1) is 8.49. The SMILES string of the molecule is Cc1cc(C(Cl)C2CCC(C)CC2)c(C)cc1Cl. The van der Waals surface area contributed by atoms with Gasteiger partial charge < -0.3 is 0 Å². The van der Waals surface area contributed by atoms with Crippen molar-refractivity contribution in [2.75, 3.05) is 0 Å². The Morgan fingerprint density at radius 3 is 2.28 bits per heavy atom. The molecule has 0 N–H and O–H groups in total. The number of alkyl halides is 1. The fourth-order valence-electron chi connectivity index (χ4n) is 2.93. The zero-order chi connectivity index (χ0) is 13.3. The lowest BCUT2D eigenvalue weighted by Crippen LogP contribution is -2.17. The van der Waals surface area contributed by atoms with Crippen LogP contribution < -0.4 is 0 Å². The molecule has 18 heavy (non-hydrogen) atoms. The summed E-state index contributed by atoms with van der Waals surface area (Å²) in [5, 5.41) is 0.992. The van der Waals surface area contributed by atoms with Gasteiger partial charge in [-0.1, -0.05) is 37.4 Å². The van der Waals surface area contributed by atoms with E-state index >= 15 is 0 Å². The first kappa shape index (κ1) is 14.2. The molecule has 0 radical (unpaired) electrons. The maximum Gasteiger partial charge on any atom is 0.0616 e. The van der Waals surface area contributed by atoms with Crippen LogP contribution >= 0.6 is 23.2 Å². The van der Waals surface area contributed by atoms with E-state index in [0.717, 1.165) is 16.5 Å². The van der Waals surface area contributed by atoms with Crippen LogP contribution in [0.2, 0.25) is 5.02 Å². The van der Waals surface area contributed by atoms with Gasteiger partial charge in [0.2, 0.25) is 0 Å². The minimum Gasteiger partial charge on any atom is -0.118 e. The summed E-state index contributed by atoms with van der Waals surface area (Å²) < 4.78 is 0. The summed E-state index contributed by atoms with van der Waals surface area (Å²) in [6.07, 6.45) is 5.16. The predicted octanol–water partition coefficient (Wildman–Crippen LogP) is 6.06. The van der Waals surface area contributed by atoms with Crippen LogP contribution in [0.3, 0.4) is 0 Å². The monoisotopic (exact) mass is 284 g/mol. The summed E-state index contributed by atoms with van der Waals surface area (Å²) in [6.45, 7) is 6.51. The molecule has 0 aromatic heterocycles. The third kappa shape index (κ3) is 3.03. The lowest BCUT2D eigenvalue weighted by molar-refractivity contribution is 0.283. The molecule has 1 aliphatic rings. The number of halogens is 2. The first-order valence-corrected chi connectivity index (χ1v) is 7.71. The number of hydrogen-bond donors (Lipinski definition) is 0. The number of benzene rings is 1. The minimum absolute atomic E-state index is 0.147. The topological polar surface area (TPSA) is 0 Å². The molecule has 100 valence electrons. The minimum atomic E-state index is 0.147. The molecule has 1 saturated carbocycles. The van der Waals surface area contributed by atoms with Crippen molar-refractivity contribution in [3.05, 3.63) is 33.8 Å². The maximum atomic E-state index is 6.72. The van der Waals surface area contributed by atoms with E-state index in [0.29, 0.717) is 5.92 Å². The Hall–Kier alpha value is -0.200. The van der Waals surface area contributed by atoms with Crippen molar-refractivity contribution in [1.82, 2.24) is 0 Å². The molecule has 2 heteroatoms. The largest absolute Gasteiger partial charge is 0.118 e. The van der Waals surface area contributed by atoms with Crippen LogP contribution in [0, 0.1) is 25.7 Å². The summed E-state index contributed by atoms with van der Waals surface area (Å²) >= 11 is 12.9. The highest BCUT2D eigenvalue weighted by Crippen LogP contribution is 2.42. The van der Waals surface area contributed by atoms with Gasteiger partial charge in [-0.2, -0.15) is 0 Å². The normalized spacial score (nSPS) is 26.1. The van der Waals surface area contributed by atoms with E-state index in [-0.39, 0.29) is 5.38 Å². The molecule has 0 amide bonds. The quantitative estimate of drug-likeness (QED) is 0.579. The average molecular weight is 285 g/mol. The lowest BCUT2D eigenvalue weighted by Gasteiger charge is -2.30. The summed E-state index contributed by atoms with van der Waals surface area (Å²) in [6, 6.07) is 4.22. The molecule has 0 saturated heterocycles. The Balaban J connectivity index is 2.18. The molecule has 0 nitrogen and oxygen atoms in total. The predicted molar refractivity (Wildman–Crippen MR) is 80.6 cm³/mol. The van der Waals surface area contributed by atoms with Crippen LogP contribution in [0.4, 0.5) is 0 Å². The summed E-state index contributed by atoms with van der Waals surface area (Å²) in [5.41, 5.74) is 3.63. The zero-order valence-corrected chi connectivity index (χ0v) is 13.0. The highest BCUT2D eigenvalue weighted by molar-refractivity contribution is 6.31. The number of rotatable bonds is 2.